The van der Waals surface area contributed by atoms with Crippen LogP contribution in [0.3, 0.4) is 0 Å². The molecule has 3 rings (SSSR count). The van der Waals surface area contributed by atoms with E-state index in [1.807, 2.05) is 59.4 Å². The van der Waals surface area contributed by atoms with Crippen LogP contribution in [0.1, 0.15) is 21.5 Å². The van der Waals surface area contributed by atoms with Crippen LogP contribution in [0, 0.1) is 11.3 Å². The van der Waals surface area contributed by atoms with Crippen LogP contribution < -0.4 is 0 Å². The van der Waals surface area contributed by atoms with Crippen LogP contribution in [0.25, 0.3) is 5.52 Å². The summed E-state index contributed by atoms with van der Waals surface area (Å²) < 4.78 is 7.27. The number of aromatic nitrogens is 1. The first kappa shape index (κ1) is 15.2. The molecule has 0 atom stereocenters. The van der Waals surface area contributed by atoms with Gasteiger partial charge in [-0.1, -0.05) is 18.2 Å². The molecule has 0 spiro atoms. The van der Waals surface area contributed by atoms with Crippen molar-refractivity contribution in [2.24, 2.45) is 0 Å². The fourth-order valence-electron chi connectivity index (χ4n) is 2.45. The summed E-state index contributed by atoms with van der Waals surface area (Å²) in [6, 6.07) is 15.1. The molecule has 0 aliphatic carbocycles. The standard InChI is InChI=1S/C18H14N2O2S/c1-23-17-8-3-2-6-14(17)18(21)22-12-13-11-20-9-5-4-7-16(20)15(13)10-19/h2-9,11H,12H2,1H3. The molecule has 0 N–H and O–H groups in total. The van der Waals surface area contributed by atoms with E-state index in [1.54, 1.807) is 6.07 Å². The summed E-state index contributed by atoms with van der Waals surface area (Å²) in [4.78, 5) is 13.2. The van der Waals surface area contributed by atoms with E-state index in [0.717, 1.165) is 10.4 Å². The molecule has 0 saturated carbocycles. The Balaban J connectivity index is 1.84. The van der Waals surface area contributed by atoms with E-state index in [-0.39, 0.29) is 12.6 Å². The largest absolute Gasteiger partial charge is 0.457 e. The summed E-state index contributed by atoms with van der Waals surface area (Å²) in [6.07, 6.45) is 5.60. The minimum absolute atomic E-state index is 0.0755. The minimum Gasteiger partial charge on any atom is -0.457 e. The lowest BCUT2D eigenvalue weighted by molar-refractivity contribution is 0.0468. The van der Waals surface area contributed by atoms with E-state index in [4.69, 9.17) is 4.74 Å². The number of thioether (sulfide) groups is 1. The van der Waals surface area contributed by atoms with E-state index in [9.17, 15) is 10.1 Å². The number of pyridine rings is 1. The van der Waals surface area contributed by atoms with Crippen molar-refractivity contribution in [2.45, 2.75) is 11.5 Å². The maximum Gasteiger partial charge on any atom is 0.339 e. The molecule has 0 bridgehead atoms. The fraction of sp³-hybridized carbons (Fsp3) is 0.111. The lowest BCUT2D eigenvalue weighted by Gasteiger charge is -2.07. The van der Waals surface area contributed by atoms with Crippen molar-refractivity contribution >= 4 is 23.2 Å². The highest BCUT2D eigenvalue weighted by molar-refractivity contribution is 7.98. The van der Waals surface area contributed by atoms with Crippen LogP contribution in [0.4, 0.5) is 0 Å². The van der Waals surface area contributed by atoms with Gasteiger partial charge in [0.1, 0.15) is 12.7 Å². The van der Waals surface area contributed by atoms with Gasteiger partial charge in [0, 0.05) is 22.9 Å². The third kappa shape index (κ3) is 2.94. The van der Waals surface area contributed by atoms with Gasteiger partial charge < -0.3 is 9.14 Å². The molecule has 0 amide bonds. The minimum atomic E-state index is -0.380. The second kappa shape index (κ2) is 6.59. The SMILES string of the molecule is CSc1ccccc1C(=O)OCc1cn2ccccc2c1C#N. The number of carbonyl (C=O) groups is 1. The van der Waals surface area contributed by atoms with Crippen LogP contribution in [0.5, 0.6) is 0 Å². The smallest absolute Gasteiger partial charge is 0.339 e. The zero-order chi connectivity index (χ0) is 16.2. The van der Waals surface area contributed by atoms with Gasteiger partial charge in [0.2, 0.25) is 0 Å². The number of fused-ring (bicyclic) bond motifs is 1. The summed E-state index contributed by atoms with van der Waals surface area (Å²) in [7, 11) is 0. The number of hydrogen-bond acceptors (Lipinski definition) is 4. The molecule has 23 heavy (non-hydrogen) atoms. The lowest BCUT2D eigenvalue weighted by Crippen LogP contribution is -2.06. The Bertz CT molecular complexity index is 909. The molecule has 5 heteroatoms. The van der Waals surface area contributed by atoms with Crippen molar-refractivity contribution in [3.05, 3.63) is 71.5 Å². The molecule has 0 radical (unpaired) electrons. The molecule has 1 aromatic carbocycles. The van der Waals surface area contributed by atoms with E-state index >= 15 is 0 Å². The Morgan fingerprint density at radius 1 is 1.26 bits per heavy atom. The highest BCUT2D eigenvalue weighted by Crippen LogP contribution is 2.22. The van der Waals surface area contributed by atoms with Gasteiger partial charge in [-0.25, -0.2) is 4.79 Å². The molecule has 114 valence electrons. The zero-order valence-corrected chi connectivity index (χ0v) is 13.3. The van der Waals surface area contributed by atoms with Crippen LogP contribution in [0.15, 0.2) is 59.8 Å². The third-order valence-corrected chi connectivity index (χ3v) is 4.36. The number of nitrogens with zero attached hydrogens (tertiary/aromatic N) is 2. The van der Waals surface area contributed by atoms with Gasteiger partial charge in [-0.15, -0.1) is 11.8 Å². The van der Waals surface area contributed by atoms with Crippen molar-refractivity contribution in [2.75, 3.05) is 6.26 Å². The van der Waals surface area contributed by atoms with E-state index in [1.165, 1.54) is 11.8 Å². The Kier molecular flexibility index (Phi) is 4.35. The van der Waals surface area contributed by atoms with Gasteiger partial charge in [0.05, 0.1) is 16.6 Å². The summed E-state index contributed by atoms with van der Waals surface area (Å²) in [5, 5.41) is 9.36. The number of nitriles is 1. The maximum atomic E-state index is 12.3. The van der Waals surface area contributed by atoms with E-state index in [2.05, 4.69) is 6.07 Å². The number of ether oxygens (including phenoxy) is 1. The quantitative estimate of drug-likeness (QED) is 0.540. The van der Waals surface area contributed by atoms with Crippen molar-refractivity contribution in [3.63, 3.8) is 0 Å². The summed E-state index contributed by atoms with van der Waals surface area (Å²) in [5.74, 6) is -0.380. The zero-order valence-electron chi connectivity index (χ0n) is 12.5. The molecule has 3 aromatic rings. The highest BCUT2D eigenvalue weighted by atomic mass is 32.2. The monoisotopic (exact) mass is 322 g/mol. The second-order valence-corrected chi connectivity index (χ2v) is 5.76. The molecular formula is C18H14N2O2S. The van der Waals surface area contributed by atoms with Crippen molar-refractivity contribution in [1.29, 1.82) is 5.26 Å². The van der Waals surface area contributed by atoms with Gasteiger partial charge in [-0.3, -0.25) is 0 Å². The molecular weight excluding hydrogens is 308 g/mol. The van der Waals surface area contributed by atoms with E-state index in [0.29, 0.717) is 16.7 Å². The number of esters is 1. The summed E-state index contributed by atoms with van der Waals surface area (Å²) in [5.41, 5.74) is 2.60. The molecule has 0 saturated heterocycles. The molecule has 0 aliphatic rings. The average Bonchev–Trinajstić information content (AvgIpc) is 2.97. The molecule has 0 unspecified atom stereocenters. The average molecular weight is 322 g/mol. The van der Waals surface area contributed by atoms with Gasteiger partial charge in [0.15, 0.2) is 0 Å². The molecule has 0 fully saturated rings. The van der Waals surface area contributed by atoms with E-state index < -0.39 is 0 Å². The molecule has 2 heterocycles. The van der Waals surface area contributed by atoms with Crippen LogP contribution in [0.2, 0.25) is 0 Å². The van der Waals surface area contributed by atoms with Crippen LogP contribution in [-0.4, -0.2) is 16.6 Å². The first-order chi connectivity index (χ1) is 11.2. The predicted molar refractivity (Wildman–Crippen MR) is 89.5 cm³/mol. The molecule has 4 nitrogen and oxygen atoms in total. The van der Waals surface area contributed by atoms with Crippen molar-refractivity contribution in [3.8, 4) is 6.07 Å². The topological polar surface area (TPSA) is 54.5 Å². The Hall–Kier alpha value is -2.71. The summed E-state index contributed by atoms with van der Waals surface area (Å²) in [6.45, 7) is 0.0755. The summed E-state index contributed by atoms with van der Waals surface area (Å²) >= 11 is 1.50. The number of rotatable bonds is 4. The third-order valence-electron chi connectivity index (χ3n) is 3.56. The lowest BCUT2D eigenvalue weighted by atomic mass is 10.2. The van der Waals surface area contributed by atoms with Crippen LogP contribution in [-0.2, 0) is 11.3 Å². The number of hydrogen-bond donors (Lipinski definition) is 0. The second-order valence-electron chi connectivity index (χ2n) is 4.91. The number of carbonyl (C=O) groups excluding carboxylic acids is 1. The Morgan fingerprint density at radius 2 is 2.04 bits per heavy atom. The first-order valence-electron chi connectivity index (χ1n) is 7.03. The molecule has 2 aromatic heterocycles. The number of benzene rings is 1. The normalized spacial score (nSPS) is 10.4. The van der Waals surface area contributed by atoms with Gasteiger partial charge in [0.25, 0.3) is 0 Å². The van der Waals surface area contributed by atoms with Gasteiger partial charge in [-0.05, 0) is 30.5 Å². The Morgan fingerprint density at radius 3 is 2.83 bits per heavy atom. The van der Waals surface area contributed by atoms with Gasteiger partial charge >= 0.3 is 5.97 Å². The predicted octanol–water partition coefficient (Wildman–Crippen LogP) is 3.89. The van der Waals surface area contributed by atoms with Crippen molar-refractivity contribution < 1.29 is 9.53 Å². The first-order valence-corrected chi connectivity index (χ1v) is 8.26. The Labute approximate surface area is 138 Å². The fourth-order valence-corrected chi connectivity index (χ4v) is 3.04. The van der Waals surface area contributed by atoms with Gasteiger partial charge in [-0.2, -0.15) is 5.26 Å². The maximum absolute atomic E-state index is 12.3. The van der Waals surface area contributed by atoms with Crippen LogP contribution >= 0.6 is 11.8 Å². The highest BCUT2D eigenvalue weighted by Gasteiger charge is 2.15. The van der Waals surface area contributed by atoms with Crippen molar-refractivity contribution in [1.82, 2.24) is 4.40 Å². The molecule has 0 aliphatic heterocycles.